The Bertz CT molecular complexity index is 391. The zero-order chi connectivity index (χ0) is 14.4. The van der Waals surface area contributed by atoms with E-state index >= 15 is 0 Å². The van der Waals surface area contributed by atoms with Gasteiger partial charge in [0.25, 0.3) is 0 Å². The summed E-state index contributed by atoms with van der Waals surface area (Å²) in [6, 6.07) is 2.18. The van der Waals surface area contributed by atoms with Gasteiger partial charge in [-0.3, -0.25) is 0 Å². The highest BCUT2D eigenvalue weighted by Crippen LogP contribution is 2.17. The van der Waals surface area contributed by atoms with Crippen molar-refractivity contribution >= 4 is 11.6 Å². The van der Waals surface area contributed by atoms with Crippen LogP contribution in [0.15, 0.2) is 6.07 Å². The van der Waals surface area contributed by atoms with Gasteiger partial charge in [0, 0.05) is 18.0 Å². The Balaban J connectivity index is 2.73. The molecule has 0 spiro atoms. The summed E-state index contributed by atoms with van der Waals surface area (Å²) in [6.45, 7) is 7.32. The molecule has 0 aliphatic carbocycles. The van der Waals surface area contributed by atoms with Gasteiger partial charge < -0.3 is 15.6 Å². The van der Waals surface area contributed by atoms with Crippen LogP contribution in [0.25, 0.3) is 0 Å². The summed E-state index contributed by atoms with van der Waals surface area (Å²) in [5.41, 5.74) is 2.59. The van der Waals surface area contributed by atoms with Crippen molar-refractivity contribution in [2.24, 2.45) is 5.84 Å². The Kier molecular flexibility index (Phi) is 5.98. The average Bonchev–Trinajstić information content (AvgIpc) is 2.35. The van der Waals surface area contributed by atoms with Crippen molar-refractivity contribution in [3.8, 4) is 0 Å². The van der Waals surface area contributed by atoms with Gasteiger partial charge in [-0.25, -0.2) is 15.8 Å². The molecule has 1 aromatic rings. The number of aromatic nitrogens is 2. The molecule has 19 heavy (non-hydrogen) atoms. The molecule has 6 heteroatoms. The maximum atomic E-state index is 5.44. The van der Waals surface area contributed by atoms with Gasteiger partial charge in [0.05, 0.1) is 0 Å². The molecule has 108 valence electrons. The Labute approximate surface area is 115 Å². The first-order chi connectivity index (χ1) is 8.92. The van der Waals surface area contributed by atoms with Crippen LogP contribution in [0.3, 0.4) is 0 Å². The van der Waals surface area contributed by atoms with Crippen LogP contribution < -0.4 is 16.6 Å². The van der Waals surface area contributed by atoms with E-state index in [1.807, 2.05) is 6.07 Å². The number of nitrogen functional groups attached to an aromatic ring is 1. The first kappa shape index (κ1) is 15.7. The number of hydrazine groups is 1. The summed E-state index contributed by atoms with van der Waals surface area (Å²) < 4.78 is 0. The molecular weight excluding hydrogens is 240 g/mol. The van der Waals surface area contributed by atoms with Gasteiger partial charge in [0.2, 0.25) is 0 Å². The van der Waals surface area contributed by atoms with Crippen LogP contribution in [-0.4, -0.2) is 41.5 Å². The molecule has 0 bridgehead atoms. The van der Waals surface area contributed by atoms with Crippen LogP contribution in [0.4, 0.5) is 11.6 Å². The van der Waals surface area contributed by atoms with E-state index in [4.69, 9.17) is 5.84 Å². The van der Waals surface area contributed by atoms with Gasteiger partial charge in [0.15, 0.2) is 0 Å². The molecule has 1 aromatic heterocycles. The molecule has 1 heterocycles. The van der Waals surface area contributed by atoms with E-state index in [1.165, 1.54) is 0 Å². The van der Waals surface area contributed by atoms with Crippen LogP contribution in [0, 0.1) is 0 Å². The number of nitrogens with one attached hydrogen (secondary N) is 2. The average molecular weight is 266 g/mol. The predicted octanol–water partition coefficient (Wildman–Crippen LogP) is 1.64. The maximum Gasteiger partial charge on any atom is 0.145 e. The molecule has 4 N–H and O–H groups in total. The van der Waals surface area contributed by atoms with E-state index in [2.05, 4.69) is 60.5 Å². The van der Waals surface area contributed by atoms with Gasteiger partial charge in [-0.05, 0) is 34.0 Å². The molecule has 1 unspecified atom stereocenters. The summed E-state index contributed by atoms with van der Waals surface area (Å²) in [4.78, 5) is 11.0. The Morgan fingerprint density at radius 1 is 1.21 bits per heavy atom. The largest absolute Gasteiger partial charge is 0.367 e. The second-order valence-corrected chi connectivity index (χ2v) is 5.43. The van der Waals surface area contributed by atoms with Crippen molar-refractivity contribution < 1.29 is 0 Å². The highest BCUT2D eigenvalue weighted by atomic mass is 15.3. The minimum Gasteiger partial charge on any atom is -0.367 e. The van der Waals surface area contributed by atoms with Crippen molar-refractivity contribution in [2.45, 2.75) is 39.2 Å². The predicted molar refractivity (Wildman–Crippen MR) is 80.2 cm³/mol. The van der Waals surface area contributed by atoms with E-state index < -0.39 is 0 Å². The summed E-state index contributed by atoms with van der Waals surface area (Å²) >= 11 is 0. The van der Waals surface area contributed by atoms with Gasteiger partial charge in [0.1, 0.15) is 17.5 Å². The number of rotatable bonds is 7. The first-order valence-electron chi connectivity index (χ1n) is 6.69. The highest BCUT2D eigenvalue weighted by Gasteiger charge is 2.09. The van der Waals surface area contributed by atoms with E-state index in [9.17, 15) is 0 Å². The minimum absolute atomic E-state index is 0.269. The molecule has 6 nitrogen and oxygen atoms in total. The Hall–Kier alpha value is -1.40. The number of hydrogen-bond donors (Lipinski definition) is 3. The molecular formula is C13H26N6. The van der Waals surface area contributed by atoms with Crippen LogP contribution >= 0.6 is 0 Å². The van der Waals surface area contributed by atoms with Crippen molar-refractivity contribution in [3.05, 3.63) is 11.9 Å². The molecule has 0 saturated carbocycles. The third kappa shape index (κ3) is 5.40. The lowest BCUT2D eigenvalue weighted by Gasteiger charge is -2.18. The van der Waals surface area contributed by atoms with E-state index in [1.54, 1.807) is 0 Å². The van der Waals surface area contributed by atoms with Crippen LogP contribution in [-0.2, 0) is 0 Å². The van der Waals surface area contributed by atoms with E-state index in [-0.39, 0.29) is 5.92 Å². The fourth-order valence-corrected chi connectivity index (χ4v) is 1.65. The smallest absolute Gasteiger partial charge is 0.145 e. The molecule has 0 aliphatic heterocycles. The third-order valence-electron chi connectivity index (χ3n) is 2.81. The first-order valence-corrected chi connectivity index (χ1v) is 6.69. The molecule has 0 amide bonds. The van der Waals surface area contributed by atoms with Crippen LogP contribution in [0.5, 0.6) is 0 Å². The SMILES string of the molecule is CC(CCN(C)C)Nc1cc(NN)nc(C(C)C)n1. The van der Waals surface area contributed by atoms with Crippen LogP contribution in [0.1, 0.15) is 38.9 Å². The highest BCUT2D eigenvalue weighted by molar-refractivity contribution is 5.47. The fourth-order valence-electron chi connectivity index (χ4n) is 1.65. The van der Waals surface area contributed by atoms with E-state index in [0.717, 1.165) is 24.6 Å². The Morgan fingerprint density at radius 2 is 1.84 bits per heavy atom. The molecule has 1 rings (SSSR count). The number of nitrogens with zero attached hydrogens (tertiary/aromatic N) is 3. The number of nitrogens with two attached hydrogens (primary N) is 1. The summed E-state index contributed by atoms with van der Waals surface area (Å²) in [7, 11) is 4.15. The van der Waals surface area contributed by atoms with Gasteiger partial charge >= 0.3 is 0 Å². The van der Waals surface area contributed by atoms with Crippen molar-refractivity contribution in [2.75, 3.05) is 31.4 Å². The minimum atomic E-state index is 0.269. The normalized spacial score (nSPS) is 12.8. The van der Waals surface area contributed by atoms with Crippen LogP contribution in [0.2, 0.25) is 0 Å². The van der Waals surface area contributed by atoms with Gasteiger partial charge in [-0.15, -0.1) is 0 Å². The van der Waals surface area contributed by atoms with Crippen molar-refractivity contribution in [1.29, 1.82) is 0 Å². The topological polar surface area (TPSA) is 79.1 Å². The quantitative estimate of drug-likeness (QED) is 0.514. The number of anilines is 2. The second kappa shape index (κ2) is 7.25. The lowest BCUT2D eigenvalue weighted by Crippen LogP contribution is -2.24. The zero-order valence-corrected chi connectivity index (χ0v) is 12.6. The van der Waals surface area contributed by atoms with E-state index in [0.29, 0.717) is 11.9 Å². The Morgan fingerprint density at radius 3 is 2.37 bits per heavy atom. The monoisotopic (exact) mass is 266 g/mol. The zero-order valence-electron chi connectivity index (χ0n) is 12.6. The molecule has 0 aromatic carbocycles. The lowest BCUT2D eigenvalue weighted by molar-refractivity contribution is 0.390. The summed E-state index contributed by atoms with van der Waals surface area (Å²) in [5.74, 6) is 7.96. The van der Waals surface area contributed by atoms with Crippen molar-refractivity contribution in [1.82, 2.24) is 14.9 Å². The second-order valence-electron chi connectivity index (χ2n) is 5.43. The fraction of sp³-hybridized carbons (Fsp3) is 0.692. The van der Waals surface area contributed by atoms with Gasteiger partial charge in [-0.2, -0.15) is 0 Å². The molecule has 0 radical (unpaired) electrons. The number of hydrogen-bond acceptors (Lipinski definition) is 6. The molecule has 1 atom stereocenters. The third-order valence-corrected chi connectivity index (χ3v) is 2.81. The summed E-state index contributed by atoms with van der Waals surface area (Å²) in [6.07, 6.45) is 1.05. The molecule has 0 aliphatic rings. The van der Waals surface area contributed by atoms with Gasteiger partial charge in [-0.1, -0.05) is 13.8 Å². The maximum absolute atomic E-state index is 5.44. The standard InChI is InChI=1S/C13H26N6/c1-9(2)13-16-11(8-12(17-13)18-14)15-10(3)6-7-19(4)5/h8-10H,6-7,14H2,1-5H3,(H2,15,16,17,18). The lowest BCUT2D eigenvalue weighted by atomic mass is 10.2. The molecule has 0 saturated heterocycles. The molecule has 0 fully saturated rings. The summed E-state index contributed by atoms with van der Waals surface area (Å²) in [5, 5.41) is 3.39. The van der Waals surface area contributed by atoms with Crippen molar-refractivity contribution in [3.63, 3.8) is 0 Å².